The largest absolute Gasteiger partial charge is 0.384 e. The predicted molar refractivity (Wildman–Crippen MR) is 53.1 cm³/mol. The second-order valence-corrected chi connectivity index (χ2v) is 4.18. The van der Waals surface area contributed by atoms with Crippen LogP contribution in [0, 0.1) is 5.92 Å². The van der Waals surface area contributed by atoms with E-state index in [0.29, 0.717) is 18.1 Å². The number of Topliss-reactive ketones (excluding diaryl/α,β-unsaturated/α-hetero) is 1. The van der Waals surface area contributed by atoms with Crippen LogP contribution in [0.1, 0.15) is 6.42 Å². The molecule has 0 amide bonds. The molecule has 0 bridgehead atoms. The second kappa shape index (κ2) is 6.40. The highest BCUT2D eigenvalue weighted by Gasteiger charge is 2.22. The second-order valence-electron chi connectivity index (χ2n) is 3.07. The Labute approximate surface area is 83.2 Å². The molecule has 76 valence electrons. The predicted octanol–water partition coefficient (Wildman–Crippen LogP) is 0.972. The summed E-state index contributed by atoms with van der Waals surface area (Å²) in [6.07, 6.45) is 0.906. The molecule has 0 aromatic heterocycles. The van der Waals surface area contributed by atoms with Crippen LogP contribution < -0.4 is 0 Å². The Morgan fingerprint density at radius 1 is 1.69 bits per heavy atom. The van der Waals surface area contributed by atoms with E-state index in [-0.39, 0.29) is 5.92 Å². The zero-order chi connectivity index (χ0) is 9.52. The van der Waals surface area contributed by atoms with E-state index in [1.165, 1.54) is 0 Å². The van der Waals surface area contributed by atoms with Gasteiger partial charge in [-0.25, -0.2) is 0 Å². The van der Waals surface area contributed by atoms with E-state index in [2.05, 4.69) is 0 Å². The molecule has 1 atom stereocenters. The van der Waals surface area contributed by atoms with E-state index in [0.717, 1.165) is 25.4 Å². The maximum atomic E-state index is 11.5. The van der Waals surface area contributed by atoms with E-state index in [4.69, 9.17) is 9.47 Å². The number of carbonyl (C=O) groups is 1. The average Bonchev–Trinajstić information content (AvgIpc) is 2.65. The smallest absolute Gasteiger partial charge is 0.148 e. The Morgan fingerprint density at radius 3 is 3.15 bits per heavy atom. The lowest BCUT2D eigenvalue weighted by Gasteiger charge is -2.05. The van der Waals surface area contributed by atoms with Crippen LogP contribution in [0.3, 0.4) is 0 Å². The van der Waals surface area contributed by atoms with Crippen molar-refractivity contribution < 1.29 is 14.3 Å². The number of thioether (sulfide) groups is 1. The number of hydrogen-bond acceptors (Lipinski definition) is 4. The number of carbonyl (C=O) groups excluding carboxylic acids is 1. The molecule has 1 aliphatic heterocycles. The van der Waals surface area contributed by atoms with Crippen molar-refractivity contribution in [1.29, 1.82) is 0 Å². The van der Waals surface area contributed by atoms with Gasteiger partial charge in [0.2, 0.25) is 0 Å². The van der Waals surface area contributed by atoms with Gasteiger partial charge in [-0.1, -0.05) is 0 Å². The van der Waals surface area contributed by atoms with Crippen molar-refractivity contribution in [3.8, 4) is 0 Å². The molecule has 3 nitrogen and oxygen atoms in total. The van der Waals surface area contributed by atoms with E-state index >= 15 is 0 Å². The first kappa shape index (κ1) is 11.0. The summed E-state index contributed by atoms with van der Waals surface area (Å²) in [7, 11) is 1.67. The monoisotopic (exact) mass is 204 g/mol. The van der Waals surface area contributed by atoms with Crippen LogP contribution in [-0.2, 0) is 14.3 Å². The van der Waals surface area contributed by atoms with Gasteiger partial charge >= 0.3 is 0 Å². The van der Waals surface area contributed by atoms with Gasteiger partial charge in [-0.15, -0.1) is 0 Å². The van der Waals surface area contributed by atoms with E-state index < -0.39 is 0 Å². The topological polar surface area (TPSA) is 35.5 Å². The molecule has 13 heavy (non-hydrogen) atoms. The van der Waals surface area contributed by atoms with Gasteiger partial charge in [0.1, 0.15) is 5.78 Å². The molecule has 1 aliphatic rings. The Hall–Kier alpha value is -0.0600. The molecule has 1 rings (SSSR count). The van der Waals surface area contributed by atoms with Crippen LogP contribution in [0.25, 0.3) is 0 Å². The van der Waals surface area contributed by atoms with Crippen molar-refractivity contribution in [1.82, 2.24) is 0 Å². The molecule has 1 fully saturated rings. The Morgan fingerprint density at radius 2 is 2.54 bits per heavy atom. The van der Waals surface area contributed by atoms with Gasteiger partial charge in [-0.2, -0.15) is 11.8 Å². The first-order valence-electron chi connectivity index (χ1n) is 4.51. The number of hydrogen-bond donors (Lipinski definition) is 0. The summed E-state index contributed by atoms with van der Waals surface area (Å²) in [5.41, 5.74) is 0. The van der Waals surface area contributed by atoms with E-state index in [1.807, 2.05) is 0 Å². The van der Waals surface area contributed by atoms with E-state index in [1.54, 1.807) is 18.9 Å². The minimum atomic E-state index is 0.162. The maximum absolute atomic E-state index is 11.5. The fraction of sp³-hybridized carbons (Fsp3) is 0.889. The van der Waals surface area contributed by atoms with Crippen molar-refractivity contribution >= 4 is 17.5 Å². The van der Waals surface area contributed by atoms with Gasteiger partial charge in [-0.3, -0.25) is 4.79 Å². The molecule has 0 radical (unpaired) electrons. The van der Waals surface area contributed by atoms with Gasteiger partial charge in [-0.05, 0) is 6.42 Å². The first-order chi connectivity index (χ1) is 6.34. The fourth-order valence-corrected chi connectivity index (χ4v) is 2.09. The van der Waals surface area contributed by atoms with Crippen molar-refractivity contribution in [2.45, 2.75) is 6.42 Å². The lowest BCUT2D eigenvalue weighted by atomic mass is 10.1. The minimum Gasteiger partial charge on any atom is -0.384 e. The third-order valence-electron chi connectivity index (χ3n) is 2.06. The highest BCUT2D eigenvalue weighted by Crippen LogP contribution is 2.15. The molecular formula is C9H16O3S. The van der Waals surface area contributed by atoms with Crippen LogP contribution in [-0.4, -0.2) is 44.2 Å². The zero-order valence-corrected chi connectivity index (χ0v) is 8.77. The third kappa shape index (κ3) is 4.11. The zero-order valence-electron chi connectivity index (χ0n) is 7.95. The van der Waals surface area contributed by atoms with Crippen LogP contribution >= 0.6 is 11.8 Å². The summed E-state index contributed by atoms with van der Waals surface area (Å²) in [6, 6.07) is 0. The molecule has 0 spiro atoms. The normalized spacial score (nSPS) is 22.1. The Bertz CT molecular complexity index is 155. The standard InChI is InChI=1S/C9H16O3S/c1-11-4-5-13-7-9(10)8-2-3-12-6-8/h8H,2-7H2,1H3. The highest BCUT2D eigenvalue weighted by molar-refractivity contribution is 7.99. The van der Waals surface area contributed by atoms with Gasteiger partial charge in [0.05, 0.1) is 19.0 Å². The Kier molecular flexibility index (Phi) is 5.43. The molecule has 1 unspecified atom stereocenters. The van der Waals surface area contributed by atoms with Gasteiger partial charge in [0.25, 0.3) is 0 Å². The highest BCUT2D eigenvalue weighted by atomic mass is 32.2. The average molecular weight is 204 g/mol. The molecule has 4 heteroatoms. The molecular weight excluding hydrogens is 188 g/mol. The number of ether oxygens (including phenoxy) is 2. The fourth-order valence-electron chi connectivity index (χ4n) is 1.22. The molecule has 1 heterocycles. The summed E-state index contributed by atoms with van der Waals surface area (Å²) in [5, 5.41) is 0. The molecule has 0 saturated carbocycles. The molecule has 0 aromatic carbocycles. The third-order valence-corrected chi connectivity index (χ3v) is 3.01. The van der Waals surface area contributed by atoms with Crippen molar-refractivity contribution in [3.63, 3.8) is 0 Å². The number of methoxy groups -OCH3 is 1. The van der Waals surface area contributed by atoms with E-state index in [9.17, 15) is 4.79 Å². The summed E-state index contributed by atoms with van der Waals surface area (Å²) >= 11 is 1.64. The van der Waals surface area contributed by atoms with Gasteiger partial charge in [0.15, 0.2) is 0 Å². The van der Waals surface area contributed by atoms with Crippen LogP contribution in [0.15, 0.2) is 0 Å². The quantitative estimate of drug-likeness (QED) is 0.604. The maximum Gasteiger partial charge on any atom is 0.148 e. The lowest BCUT2D eigenvalue weighted by Crippen LogP contribution is -2.17. The lowest BCUT2D eigenvalue weighted by molar-refractivity contribution is -0.120. The van der Waals surface area contributed by atoms with Crippen LogP contribution in [0.4, 0.5) is 0 Å². The molecule has 1 saturated heterocycles. The summed E-state index contributed by atoms with van der Waals surface area (Å²) in [6.45, 7) is 2.10. The summed E-state index contributed by atoms with van der Waals surface area (Å²) < 4.78 is 10.0. The number of ketones is 1. The van der Waals surface area contributed by atoms with Crippen molar-refractivity contribution in [2.75, 3.05) is 38.4 Å². The molecule has 0 aromatic rings. The SMILES string of the molecule is COCCSCC(=O)C1CCOC1. The Balaban J connectivity index is 2.03. The molecule has 0 aliphatic carbocycles. The number of rotatable bonds is 6. The van der Waals surface area contributed by atoms with Crippen molar-refractivity contribution in [3.05, 3.63) is 0 Å². The van der Waals surface area contributed by atoms with Crippen LogP contribution in [0.5, 0.6) is 0 Å². The van der Waals surface area contributed by atoms with Gasteiger partial charge in [0, 0.05) is 25.4 Å². The summed E-state index contributed by atoms with van der Waals surface area (Å²) in [4.78, 5) is 11.5. The van der Waals surface area contributed by atoms with Crippen LogP contribution in [0.2, 0.25) is 0 Å². The minimum absolute atomic E-state index is 0.162. The first-order valence-corrected chi connectivity index (χ1v) is 5.67. The summed E-state index contributed by atoms with van der Waals surface area (Å²) in [5.74, 6) is 2.00. The molecule has 0 N–H and O–H groups in total. The van der Waals surface area contributed by atoms with Crippen molar-refractivity contribution in [2.24, 2.45) is 5.92 Å². The van der Waals surface area contributed by atoms with Gasteiger partial charge < -0.3 is 9.47 Å².